The van der Waals surface area contributed by atoms with Crippen LogP contribution in [0.4, 0.5) is 0 Å². The van der Waals surface area contributed by atoms with E-state index >= 15 is 0 Å². The van der Waals surface area contributed by atoms with E-state index in [9.17, 15) is 0 Å². The lowest BCUT2D eigenvalue weighted by molar-refractivity contribution is -0.0252. The standard InChI is InChI=1S/C12H19NOS/c1-8-6-11(9(2)15-8)12-10(7-13)4-3-5-14-12/h6,10,12H,3-5,7,13H2,1-2H3. The summed E-state index contributed by atoms with van der Waals surface area (Å²) in [5.41, 5.74) is 7.18. The molecule has 0 aliphatic carbocycles. The Kier molecular flexibility index (Phi) is 3.44. The van der Waals surface area contributed by atoms with Gasteiger partial charge < -0.3 is 10.5 Å². The zero-order valence-electron chi connectivity index (χ0n) is 9.45. The number of hydrogen-bond acceptors (Lipinski definition) is 3. The third-order valence-electron chi connectivity index (χ3n) is 3.13. The summed E-state index contributed by atoms with van der Waals surface area (Å²) in [5, 5.41) is 0. The lowest BCUT2D eigenvalue weighted by Crippen LogP contribution is -2.28. The summed E-state index contributed by atoms with van der Waals surface area (Å²) >= 11 is 1.85. The quantitative estimate of drug-likeness (QED) is 0.840. The van der Waals surface area contributed by atoms with Crippen molar-refractivity contribution >= 4 is 11.3 Å². The highest BCUT2D eigenvalue weighted by Crippen LogP contribution is 2.37. The smallest absolute Gasteiger partial charge is 0.0875 e. The molecule has 2 unspecified atom stereocenters. The van der Waals surface area contributed by atoms with Crippen LogP contribution in [-0.2, 0) is 4.74 Å². The summed E-state index contributed by atoms with van der Waals surface area (Å²) in [4.78, 5) is 2.75. The van der Waals surface area contributed by atoms with E-state index in [1.807, 2.05) is 11.3 Å². The van der Waals surface area contributed by atoms with Gasteiger partial charge in [0.25, 0.3) is 0 Å². The summed E-state index contributed by atoms with van der Waals surface area (Å²) in [6.07, 6.45) is 2.60. The molecule has 0 spiro atoms. The SMILES string of the molecule is Cc1cc(C2OCCCC2CN)c(C)s1. The first-order chi connectivity index (χ1) is 7.22. The highest BCUT2D eigenvalue weighted by Gasteiger charge is 2.28. The third-order valence-corrected chi connectivity index (χ3v) is 4.12. The maximum absolute atomic E-state index is 5.89. The second-order valence-electron chi connectivity index (χ2n) is 4.30. The Balaban J connectivity index is 2.23. The van der Waals surface area contributed by atoms with Gasteiger partial charge in [0, 0.05) is 22.3 Å². The van der Waals surface area contributed by atoms with E-state index in [1.165, 1.54) is 21.7 Å². The van der Waals surface area contributed by atoms with Crippen molar-refractivity contribution in [1.82, 2.24) is 0 Å². The summed E-state index contributed by atoms with van der Waals surface area (Å²) < 4.78 is 5.89. The Hall–Kier alpha value is -0.380. The first-order valence-electron chi connectivity index (χ1n) is 5.61. The number of thiophene rings is 1. The number of aryl methyl sites for hydroxylation is 2. The molecule has 1 aromatic heterocycles. The van der Waals surface area contributed by atoms with E-state index in [4.69, 9.17) is 10.5 Å². The third kappa shape index (κ3) is 2.25. The van der Waals surface area contributed by atoms with Crippen molar-refractivity contribution in [1.29, 1.82) is 0 Å². The molecule has 2 heterocycles. The van der Waals surface area contributed by atoms with Gasteiger partial charge in [0.05, 0.1) is 6.10 Å². The van der Waals surface area contributed by atoms with Crippen molar-refractivity contribution in [3.8, 4) is 0 Å². The van der Waals surface area contributed by atoms with E-state index in [0.29, 0.717) is 5.92 Å². The van der Waals surface area contributed by atoms with Crippen LogP contribution < -0.4 is 5.73 Å². The molecular formula is C12H19NOS. The van der Waals surface area contributed by atoms with Gasteiger partial charge >= 0.3 is 0 Å². The summed E-state index contributed by atoms with van der Waals surface area (Å²) in [5.74, 6) is 0.506. The van der Waals surface area contributed by atoms with Crippen molar-refractivity contribution < 1.29 is 4.74 Å². The van der Waals surface area contributed by atoms with Crippen LogP contribution in [-0.4, -0.2) is 13.2 Å². The van der Waals surface area contributed by atoms with Gasteiger partial charge in [-0.05, 0) is 44.9 Å². The second-order valence-corrected chi connectivity index (χ2v) is 5.76. The molecule has 0 bridgehead atoms. The highest BCUT2D eigenvalue weighted by molar-refractivity contribution is 7.12. The molecule has 15 heavy (non-hydrogen) atoms. The van der Waals surface area contributed by atoms with Crippen LogP contribution >= 0.6 is 11.3 Å². The minimum Gasteiger partial charge on any atom is -0.373 e. The normalized spacial score (nSPS) is 26.9. The first-order valence-corrected chi connectivity index (χ1v) is 6.42. The van der Waals surface area contributed by atoms with E-state index in [2.05, 4.69) is 19.9 Å². The van der Waals surface area contributed by atoms with Crippen molar-refractivity contribution in [2.75, 3.05) is 13.2 Å². The van der Waals surface area contributed by atoms with E-state index in [-0.39, 0.29) is 6.10 Å². The van der Waals surface area contributed by atoms with E-state index in [1.54, 1.807) is 0 Å². The summed E-state index contributed by atoms with van der Waals surface area (Å²) in [6, 6.07) is 2.26. The highest BCUT2D eigenvalue weighted by atomic mass is 32.1. The average Bonchev–Trinajstić information content (AvgIpc) is 2.57. The predicted molar refractivity (Wildman–Crippen MR) is 64.3 cm³/mol. The minimum absolute atomic E-state index is 0.244. The molecule has 84 valence electrons. The molecule has 3 heteroatoms. The van der Waals surface area contributed by atoms with Gasteiger partial charge in [0.15, 0.2) is 0 Å². The largest absolute Gasteiger partial charge is 0.373 e. The molecule has 1 aliphatic rings. The fourth-order valence-electron chi connectivity index (χ4n) is 2.36. The Bertz CT molecular complexity index is 334. The molecule has 1 aromatic rings. The predicted octanol–water partition coefficient (Wildman–Crippen LogP) is 2.79. The molecule has 2 rings (SSSR count). The van der Waals surface area contributed by atoms with Gasteiger partial charge in [-0.3, -0.25) is 0 Å². The van der Waals surface area contributed by atoms with Crippen LogP contribution in [0.25, 0.3) is 0 Å². The van der Waals surface area contributed by atoms with Crippen LogP contribution in [0.3, 0.4) is 0 Å². The van der Waals surface area contributed by atoms with Crippen molar-refractivity contribution in [3.05, 3.63) is 21.4 Å². The van der Waals surface area contributed by atoms with Crippen LogP contribution in [0.1, 0.15) is 34.3 Å². The van der Waals surface area contributed by atoms with Gasteiger partial charge in [-0.25, -0.2) is 0 Å². The number of nitrogens with two attached hydrogens (primary N) is 1. The van der Waals surface area contributed by atoms with Gasteiger partial charge in [-0.1, -0.05) is 0 Å². The number of hydrogen-bond donors (Lipinski definition) is 1. The molecule has 0 saturated carbocycles. The fourth-order valence-corrected chi connectivity index (χ4v) is 3.32. The maximum atomic E-state index is 5.89. The molecule has 0 amide bonds. The van der Waals surface area contributed by atoms with Gasteiger partial charge in [-0.15, -0.1) is 11.3 Å². The number of ether oxygens (including phenoxy) is 1. The second kappa shape index (κ2) is 4.64. The van der Waals surface area contributed by atoms with Gasteiger partial charge in [-0.2, -0.15) is 0 Å². The molecular weight excluding hydrogens is 206 g/mol. The maximum Gasteiger partial charge on any atom is 0.0875 e. The van der Waals surface area contributed by atoms with Crippen LogP contribution in [0.2, 0.25) is 0 Å². The monoisotopic (exact) mass is 225 g/mol. The molecule has 1 aliphatic heterocycles. The zero-order valence-corrected chi connectivity index (χ0v) is 10.3. The Morgan fingerprint density at radius 2 is 2.33 bits per heavy atom. The van der Waals surface area contributed by atoms with Gasteiger partial charge in [0.2, 0.25) is 0 Å². The van der Waals surface area contributed by atoms with Crippen LogP contribution in [0, 0.1) is 19.8 Å². The van der Waals surface area contributed by atoms with Crippen molar-refractivity contribution in [2.45, 2.75) is 32.8 Å². The molecule has 2 nitrogen and oxygen atoms in total. The summed E-state index contributed by atoms with van der Waals surface area (Å²) in [6.45, 7) is 5.95. The molecule has 0 radical (unpaired) electrons. The van der Waals surface area contributed by atoms with Crippen molar-refractivity contribution in [2.24, 2.45) is 11.7 Å². The molecule has 1 saturated heterocycles. The average molecular weight is 225 g/mol. The molecule has 0 aromatic carbocycles. The molecule has 2 N–H and O–H groups in total. The Morgan fingerprint density at radius 3 is 2.93 bits per heavy atom. The van der Waals surface area contributed by atoms with E-state index < -0.39 is 0 Å². The fraction of sp³-hybridized carbons (Fsp3) is 0.667. The Morgan fingerprint density at radius 1 is 1.53 bits per heavy atom. The topological polar surface area (TPSA) is 35.2 Å². The first kappa shape index (κ1) is 11.1. The summed E-state index contributed by atoms with van der Waals surface area (Å²) in [7, 11) is 0. The molecule has 1 fully saturated rings. The van der Waals surface area contributed by atoms with Crippen LogP contribution in [0.15, 0.2) is 6.07 Å². The lowest BCUT2D eigenvalue weighted by atomic mass is 9.90. The van der Waals surface area contributed by atoms with Crippen molar-refractivity contribution in [3.63, 3.8) is 0 Å². The number of rotatable bonds is 2. The Labute approximate surface area is 95.4 Å². The zero-order chi connectivity index (χ0) is 10.8. The minimum atomic E-state index is 0.244. The van der Waals surface area contributed by atoms with Gasteiger partial charge in [0.1, 0.15) is 0 Å². The van der Waals surface area contributed by atoms with Crippen LogP contribution in [0.5, 0.6) is 0 Å². The lowest BCUT2D eigenvalue weighted by Gasteiger charge is -2.31. The van der Waals surface area contributed by atoms with E-state index in [0.717, 1.165) is 19.6 Å². The molecule has 2 atom stereocenters.